The number of benzene rings is 1. The molecule has 0 aromatic heterocycles. The topological polar surface area (TPSA) is 35.9 Å². The molecule has 2 nitrogen and oxygen atoms in total. The Morgan fingerprint density at radius 3 is 2.58 bits per heavy atom. The first kappa shape index (κ1) is 8.59. The molecule has 1 aromatic carbocycles. The molecule has 0 aliphatic rings. The molecule has 0 radical (unpaired) electrons. The first-order valence-electron chi connectivity index (χ1n) is 3.82. The number of anilines is 1. The average Bonchev–Trinajstić information content (AvgIpc) is 2.06. The second-order valence-electron chi connectivity index (χ2n) is 2.51. The van der Waals surface area contributed by atoms with Crippen molar-refractivity contribution in [2.45, 2.75) is 0 Å². The molecule has 0 amide bonds. The minimum absolute atomic E-state index is 0.969. The van der Waals surface area contributed by atoms with Crippen molar-refractivity contribution in [2.75, 3.05) is 5.32 Å². The van der Waals surface area contributed by atoms with Gasteiger partial charge in [-0.1, -0.05) is 18.2 Å². The highest BCUT2D eigenvalue weighted by Crippen LogP contribution is 2.06. The largest absolute Gasteiger partial charge is 0.368 e. The number of para-hydroxylation sites is 1. The Labute approximate surface area is 73.2 Å². The highest BCUT2D eigenvalue weighted by molar-refractivity contribution is 6.24. The summed E-state index contributed by atoms with van der Waals surface area (Å²) in [7, 11) is 1.93. The number of rotatable bonds is 3. The van der Waals surface area contributed by atoms with E-state index in [9.17, 15) is 0 Å². The maximum absolute atomic E-state index is 6.86. The van der Waals surface area contributed by atoms with Crippen LogP contribution in [0.4, 0.5) is 5.69 Å². The summed E-state index contributed by atoms with van der Waals surface area (Å²) < 4.78 is 0. The highest BCUT2D eigenvalue weighted by Gasteiger charge is 1.88. The van der Waals surface area contributed by atoms with Crippen LogP contribution in [-0.2, 0) is 0 Å². The minimum atomic E-state index is 0.969. The van der Waals surface area contributed by atoms with Crippen molar-refractivity contribution in [3.05, 3.63) is 42.0 Å². The minimum Gasteiger partial charge on any atom is -0.368 e. The van der Waals surface area contributed by atoms with Crippen molar-refractivity contribution in [1.29, 1.82) is 5.41 Å². The van der Waals surface area contributed by atoms with Crippen molar-refractivity contribution < 1.29 is 0 Å². The fourth-order valence-electron chi connectivity index (χ4n) is 0.916. The first-order valence-corrected chi connectivity index (χ1v) is 3.82. The van der Waals surface area contributed by atoms with Crippen molar-refractivity contribution >= 4 is 19.7 Å². The zero-order valence-electron chi connectivity index (χ0n) is 7.04. The SMILES string of the molecule is B/C(=C/C=N)Nc1ccccc1. The molecule has 0 saturated carbocycles. The Kier molecular flexibility index (Phi) is 3.14. The van der Waals surface area contributed by atoms with Gasteiger partial charge in [-0.2, -0.15) is 0 Å². The summed E-state index contributed by atoms with van der Waals surface area (Å²) in [5.41, 5.74) is 2.02. The molecule has 0 spiro atoms. The molecule has 1 rings (SSSR count). The van der Waals surface area contributed by atoms with Crippen LogP contribution in [0.2, 0.25) is 0 Å². The Morgan fingerprint density at radius 1 is 1.33 bits per heavy atom. The summed E-state index contributed by atoms with van der Waals surface area (Å²) >= 11 is 0. The Hall–Kier alpha value is -1.51. The van der Waals surface area contributed by atoms with Gasteiger partial charge in [0.2, 0.25) is 0 Å². The molecular formula is C9H11BN2. The molecule has 0 saturated heterocycles. The van der Waals surface area contributed by atoms with Gasteiger partial charge in [-0.15, -0.1) is 0 Å². The summed E-state index contributed by atoms with van der Waals surface area (Å²) in [4.78, 5) is 0. The Morgan fingerprint density at radius 2 is 2.00 bits per heavy atom. The number of nitrogens with one attached hydrogen (secondary N) is 2. The lowest BCUT2D eigenvalue weighted by molar-refractivity contribution is 1.54. The van der Waals surface area contributed by atoms with E-state index >= 15 is 0 Å². The Bertz CT molecular complexity index is 280. The van der Waals surface area contributed by atoms with E-state index in [1.165, 1.54) is 6.21 Å². The van der Waals surface area contributed by atoms with Gasteiger partial charge < -0.3 is 10.7 Å². The van der Waals surface area contributed by atoms with E-state index in [0.29, 0.717) is 0 Å². The molecule has 0 fully saturated rings. The molecule has 2 N–H and O–H groups in total. The third-order valence-electron chi connectivity index (χ3n) is 1.45. The van der Waals surface area contributed by atoms with Crippen LogP contribution in [0.25, 0.3) is 0 Å². The molecule has 0 unspecified atom stereocenters. The van der Waals surface area contributed by atoms with Crippen LogP contribution >= 0.6 is 0 Å². The van der Waals surface area contributed by atoms with Crippen LogP contribution in [0.3, 0.4) is 0 Å². The quantitative estimate of drug-likeness (QED) is 0.503. The maximum Gasteiger partial charge on any atom is 0.160 e. The molecule has 12 heavy (non-hydrogen) atoms. The van der Waals surface area contributed by atoms with Crippen LogP contribution < -0.4 is 5.32 Å². The number of hydrogen-bond donors (Lipinski definition) is 2. The zero-order chi connectivity index (χ0) is 8.81. The van der Waals surface area contributed by atoms with Crippen molar-refractivity contribution in [3.63, 3.8) is 0 Å². The molecular weight excluding hydrogens is 147 g/mol. The first-order chi connectivity index (χ1) is 5.83. The van der Waals surface area contributed by atoms with E-state index in [1.54, 1.807) is 6.08 Å². The van der Waals surface area contributed by atoms with E-state index in [1.807, 2.05) is 38.2 Å². The molecule has 0 bridgehead atoms. The van der Waals surface area contributed by atoms with Gasteiger partial charge in [0.15, 0.2) is 7.85 Å². The van der Waals surface area contributed by atoms with Gasteiger partial charge in [-0.25, -0.2) is 0 Å². The van der Waals surface area contributed by atoms with Gasteiger partial charge in [0.05, 0.1) is 0 Å². The zero-order valence-corrected chi connectivity index (χ0v) is 7.04. The van der Waals surface area contributed by atoms with Crippen molar-refractivity contribution in [2.24, 2.45) is 0 Å². The predicted molar refractivity (Wildman–Crippen MR) is 55.5 cm³/mol. The third kappa shape index (κ3) is 2.62. The number of allylic oxidation sites excluding steroid dienone is 1. The summed E-state index contributed by atoms with van der Waals surface area (Å²) in [6.45, 7) is 0. The fraction of sp³-hybridized carbons (Fsp3) is 0. The summed E-state index contributed by atoms with van der Waals surface area (Å²) in [6, 6.07) is 9.89. The van der Waals surface area contributed by atoms with Gasteiger partial charge in [0.1, 0.15) is 0 Å². The smallest absolute Gasteiger partial charge is 0.160 e. The van der Waals surface area contributed by atoms with Gasteiger partial charge >= 0.3 is 0 Å². The van der Waals surface area contributed by atoms with E-state index < -0.39 is 0 Å². The van der Waals surface area contributed by atoms with Gasteiger partial charge in [0.25, 0.3) is 0 Å². The molecule has 3 heteroatoms. The van der Waals surface area contributed by atoms with Crippen LogP contribution in [0.5, 0.6) is 0 Å². The standard InChI is InChI=1S/C9H11BN2/c10-9(6-7-11)12-8-4-2-1-3-5-8/h1-7,11-12H,10H2/b9-6-,11-7?. The summed E-state index contributed by atoms with van der Waals surface area (Å²) in [5.74, 6) is 0. The van der Waals surface area contributed by atoms with Crippen molar-refractivity contribution in [1.82, 2.24) is 0 Å². The molecule has 0 aliphatic heterocycles. The molecule has 60 valence electrons. The van der Waals surface area contributed by atoms with E-state index in [2.05, 4.69) is 5.32 Å². The lowest BCUT2D eigenvalue weighted by Gasteiger charge is -2.04. The molecule has 1 aromatic rings. The van der Waals surface area contributed by atoms with Crippen LogP contribution in [-0.4, -0.2) is 14.1 Å². The van der Waals surface area contributed by atoms with Crippen molar-refractivity contribution in [3.8, 4) is 0 Å². The van der Waals surface area contributed by atoms with E-state index in [0.717, 1.165) is 11.3 Å². The summed E-state index contributed by atoms with van der Waals surface area (Å²) in [5, 5.41) is 10.0. The normalized spacial score (nSPS) is 10.8. The molecule has 0 heterocycles. The highest BCUT2D eigenvalue weighted by atomic mass is 14.9. The predicted octanol–water partition coefficient (Wildman–Crippen LogP) is 1.22. The van der Waals surface area contributed by atoms with Crippen LogP contribution in [0, 0.1) is 5.41 Å². The van der Waals surface area contributed by atoms with E-state index in [-0.39, 0.29) is 0 Å². The fourth-order valence-corrected chi connectivity index (χ4v) is 0.916. The van der Waals surface area contributed by atoms with Gasteiger partial charge in [0, 0.05) is 11.9 Å². The third-order valence-corrected chi connectivity index (χ3v) is 1.45. The monoisotopic (exact) mass is 158 g/mol. The molecule has 0 atom stereocenters. The second kappa shape index (κ2) is 4.39. The lowest BCUT2D eigenvalue weighted by Crippen LogP contribution is -1.98. The second-order valence-corrected chi connectivity index (χ2v) is 2.51. The number of hydrogen-bond acceptors (Lipinski definition) is 2. The average molecular weight is 158 g/mol. The maximum atomic E-state index is 6.86. The summed E-state index contributed by atoms with van der Waals surface area (Å²) in [6.07, 6.45) is 2.98. The van der Waals surface area contributed by atoms with Gasteiger partial charge in [-0.05, 0) is 23.8 Å². The van der Waals surface area contributed by atoms with E-state index in [4.69, 9.17) is 5.41 Å². The van der Waals surface area contributed by atoms with Crippen LogP contribution in [0.1, 0.15) is 0 Å². The lowest BCUT2D eigenvalue weighted by atomic mass is 10.0. The van der Waals surface area contributed by atoms with Gasteiger partial charge in [-0.3, -0.25) is 0 Å². The molecule has 0 aliphatic carbocycles. The van der Waals surface area contributed by atoms with Crippen LogP contribution in [0.15, 0.2) is 42.0 Å². The Balaban J connectivity index is 2.64.